The minimum atomic E-state index is -1.47. The summed E-state index contributed by atoms with van der Waals surface area (Å²) in [6.45, 7) is 3.89. The molecule has 122 valence electrons. The number of carboxylic acids is 1. The quantitative estimate of drug-likeness (QED) is 0.843. The van der Waals surface area contributed by atoms with Gasteiger partial charge in [-0.05, 0) is 29.7 Å². The SMILES string of the molecule is Cc1cc(C(C)C(O)C(=O)O)cc(Cl)c1OCc1ccccc1. The number of halogens is 1. The maximum absolute atomic E-state index is 10.9. The van der Waals surface area contributed by atoms with E-state index >= 15 is 0 Å². The molecule has 0 spiro atoms. The van der Waals surface area contributed by atoms with Crippen LogP contribution in [0.3, 0.4) is 0 Å². The Hall–Kier alpha value is -2.04. The lowest BCUT2D eigenvalue weighted by atomic mass is 9.94. The molecule has 0 saturated heterocycles. The van der Waals surface area contributed by atoms with Gasteiger partial charge in [0.05, 0.1) is 5.02 Å². The fourth-order valence-electron chi connectivity index (χ4n) is 2.33. The third-order valence-electron chi connectivity index (χ3n) is 3.73. The monoisotopic (exact) mass is 334 g/mol. The van der Waals surface area contributed by atoms with Crippen molar-refractivity contribution >= 4 is 17.6 Å². The first-order valence-corrected chi connectivity index (χ1v) is 7.65. The summed E-state index contributed by atoms with van der Waals surface area (Å²) in [5, 5.41) is 19.0. The van der Waals surface area contributed by atoms with Crippen molar-refractivity contribution in [3.05, 3.63) is 64.2 Å². The number of aliphatic carboxylic acids is 1. The van der Waals surface area contributed by atoms with E-state index in [0.717, 1.165) is 11.1 Å². The van der Waals surface area contributed by atoms with E-state index in [4.69, 9.17) is 21.4 Å². The summed E-state index contributed by atoms with van der Waals surface area (Å²) in [5.41, 5.74) is 2.49. The summed E-state index contributed by atoms with van der Waals surface area (Å²) < 4.78 is 5.79. The predicted molar refractivity (Wildman–Crippen MR) is 89.0 cm³/mol. The van der Waals surface area contributed by atoms with Gasteiger partial charge in [-0.2, -0.15) is 0 Å². The Kier molecular flexibility index (Phi) is 5.64. The first-order chi connectivity index (χ1) is 10.9. The number of aliphatic hydroxyl groups excluding tert-OH is 1. The molecule has 2 atom stereocenters. The van der Waals surface area contributed by atoms with Gasteiger partial charge >= 0.3 is 5.97 Å². The molecule has 0 aliphatic rings. The fourth-order valence-corrected chi connectivity index (χ4v) is 2.66. The molecule has 0 bridgehead atoms. The van der Waals surface area contributed by atoms with Crippen molar-refractivity contribution in [2.45, 2.75) is 32.5 Å². The van der Waals surface area contributed by atoms with Crippen molar-refractivity contribution < 1.29 is 19.7 Å². The predicted octanol–water partition coefficient (Wildman–Crippen LogP) is 3.78. The van der Waals surface area contributed by atoms with E-state index in [1.54, 1.807) is 19.1 Å². The van der Waals surface area contributed by atoms with Crippen molar-refractivity contribution in [1.29, 1.82) is 0 Å². The third kappa shape index (κ3) is 4.24. The number of aliphatic hydroxyl groups is 1. The van der Waals surface area contributed by atoms with Gasteiger partial charge in [0.1, 0.15) is 12.4 Å². The highest BCUT2D eigenvalue weighted by Gasteiger charge is 2.24. The van der Waals surface area contributed by atoms with Crippen molar-refractivity contribution in [2.75, 3.05) is 0 Å². The van der Waals surface area contributed by atoms with E-state index in [1.165, 1.54) is 0 Å². The molecule has 5 heteroatoms. The highest BCUT2D eigenvalue weighted by atomic mass is 35.5. The number of aryl methyl sites for hydroxylation is 1. The van der Waals surface area contributed by atoms with E-state index in [9.17, 15) is 9.90 Å². The smallest absolute Gasteiger partial charge is 0.333 e. The Morgan fingerprint density at radius 3 is 2.48 bits per heavy atom. The summed E-state index contributed by atoms with van der Waals surface area (Å²) in [6, 6.07) is 13.2. The van der Waals surface area contributed by atoms with E-state index < -0.39 is 18.0 Å². The fraction of sp³-hybridized carbons (Fsp3) is 0.278. The normalized spacial score (nSPS) is 13.4. The summed E-state index contributed by atoms with van der Waals surface area (Å²) in [7, 11) is 0. The van der Waals surface area contributed by atoms with E-state index in [2.05, 4.69) is 0 Å². The first kappa shape index (κ1) is 17.3. The lowest BCUT2D eigenvalue weighted by molar-refractivity contribution is -0.147. The number of rotatable bonds is 6. The summed E-state index contributed by atoms with van der Waals surface area (Å²) in [6.07, 6.45) is -1.47. The van der Waals surface area contributed by atoms with Crippen LogP contribution in [0, 0.1) is 6.92 Å². The number of benzene rings is 2. The molecule has 2 aromatic carbocycles. The van der Waals surface area contributed by atoms with Gasteiger partial charge in [-0.1, -0.05) is 54.9 Å². The van der Waals surface area contributed by atoms with Crippen molar-refractivity contribution in [2.24, 2.45) is 0 Å². The molecule has 0 aliphatic heterocycles. The van der Waals surface area contributed by atoms with Crippen molar-refractivity contribution in [3.63, 3.8) is 0 Å². The third-order valence-corrected chi connectivity index (χ3v) is 4.01. The Bertz CT molecular complexity index is 662. The molecule has 2 rings (SSSR count). The Morgan fingerprint density at radius 2 is 1.91 bits per heavy atom. The average molecular weight is 335 g/mol. The molecule has 0 saturated carbocycles. The summed E-state index contributed by atoms with van der Waals surface area (Å²) in [4.78, 5) is 10.9. The topological polar surface area (TPSA) is 66.8 Å². The number of hydrogen-bond donors (Lipinski definition) is 2. The van der Waals surface area contributed by atoms with Gasteiger partial charge in [0.2, 0.25) is 0 Å². The molecule has 0 heterocycles. The minimum absolute atomic E-state index is 0.397. The maximum Gasteiger partial charge on any atom is 0.333 e. The molecule has 2 unspecified atom stereocenters. The maximum atomic E-state index is 10.9. The molecule has 4 nitrogen and oxygen atoms in total. The highest BCUT2D eigenvalue weighted by molar-refractivity contribution is 6.32. The van der Waals surface area contributed by atoms with Gasteiger partial charge in [0, 0.05) is 5.92 Å². The first-order valence-electron chi connectivity index (χ1n) is 7.27. The molecule has 23 heavy (non-hydrogen) atoms. The van der Waals surface area contributed by atoms with Gasteiger partial charge in [0.25, 0.3) is 0 Å². The standard InChI is InChI=1S/C18H19ClO4/c1-11-8-14(12(2)16(20)18(21)22)9-15(19)17(11)23-10-13-6-4-3-5-7-13/h3-9,12,16,20H,10H2,1-2H3,(H,21,22). The molecule has 2 N–H and O–H groups in total. The number of carboxylic acid groups (broad SMARTS) is 1. The van der Waals surface area contributed by atoms with E-state index in [-0.39, 0.29) is 0 Å². The lowest BCUT2D eigenvalue weighted by Gasteiger charge is -2.18. The van der Waals surface area contributed by atoms with Crippen LogP contribution in [0.15, 0.2) is 42.5 Å². The zero-order valence-electron chi connectivity index (χ0n) is 13.0. The van der Waals surface area contributed by atoms with Crippen LogP contribution in [0.4, 0.5) is 0 Å². The molecule has 0 fully saturated rings. The van der Waals surface area contributed by atoms with Crippen LogP contribution in [-0.4, -0.2) is 22.3 Å². The van der Waals surface area contributed by atoms with Crippen LogP contribution in [0.1, 0.15) is 29.5 Å². The number of hydrogen-bond acceptors (Lipinski definition) is 3. The Balaban J connectivity index is 2.18. The molecule has 0 amide bonds. The van der Waals surface area contributed by atoms with Gasteiger partial charge in [-0.15, -0.1) is 0 Å². The largest absolute Gasteiger partial charge is 0.487 e. The molecule has 0 radical (unpaired) electrons. The van der Waals surface area contributed by atoms with Crippen LogP contribution in [-0.2, 0) is 11.4 Å². The van der Waals surface area contributed by atoms with Crippen LogP contribution in [0.2, 0.25) is 5.02 Å². The Labute approximate surface area is 140 Å². The molecule has 2 aromatic rings. The van der Waals surface area contributed by atoms with Crippen LogP contribution < -0.4 is 4.74 Å². The lowest BCUT2D eigenvalue weighted by Crippen LogP contribution is -2.25. The van der Waals surface area contributed by atoms with Crippen molar-refractivity contribution in [3.8, 4) is 5.75 Å². The Morgan fingerprint density at radius 1 is 1.26 bits per heavy atom. The van der Waals surface area contributed by atoms with Gasteiger partial charge in [-0.3, -0.25) is 0 Å². The highest BCUT2D eigenvalue weighted by Crippen LogP contribution is 2.34. The second-order valence-electron chi connectivity index (χ2n) is 5.49. The molecular weight excluding hydrogens is 316 g/mol. The van der Waals surface area contributed by atoms with Crippen molar-refractivity contribution in [1.82, 2.24) is 0 Å². The average Bonchev–Trinajstić information content (AvgIpc) is 2.53. The van der Waals surface area contributed by atoms with E-state index in [0.29, 0.717) is 22.9 Å². The van der Waals surface area contributed by atoms with Crippen LogP contribution in [0.25, 0.3) is 0 Å². The summed E-state index contributed by atoms with van der Waals surface area (Å²) >= 11 is 6.28. The van der Waals surface area contributed by atoms with Gasteiger partial charge < -0.3 is 14.9 Å². The van der Waals surface area contributed by atoms with E-state index in [1.807, 2.05) is 37.3 Å². The second kappa shape index (κ2) is 7.49. The number of ether oxygens (including phenoxy) is 1. The molecule has 0 aliphatic carbocycles. The van der Waals surface area contributed by atoms with Gasteiger partial charge in [0.15, 0.2) is 6.10 Å². The zero-order chi connectivity index (χ0) is 17.0. The van der Waals surface area contributed by atoms with Gasteiger partial charge in [-0.25, -0.2) is 4.79 Å². The molecule has 0 aromatic heterocycles. The summed E-state index contributed by atoms with van der Waals surface area (Å²) in [5.74, 6) is -1.25. The van der Waals surface area contributed by atoms with Crippen LogP contribution >= 0.6 is 11.6 Å². The minimum Gasteiger partial charge on any atom is -0.487 e. The number of carbonyl (C=O) groups is 1. The van der Waals surface area contributed by atoms with Crippen LogP contribution in [0.5, 0.6) is 5.75 Å². The second-order valence-corrected chi connectivity index (χ2v) is 5.90. The molecular formula is C18H19ClO4. The zero-order valence-corrected chi connectivity index (χ0v) is 13.7.